The molecular weight excluding hydrogens is 314 g/mol. The van der Waals surface area contributed by atoms with Crippen molar-refractivity contribution in [1.29, 1.82) is 0 Å². The third kappa shape index (κ3) is 4.79. The highest BCUT2D eigenvalue weighted by Crippen LogP contribution is 2.23. The van der Waals surface area contributed by atoms with Gasteiger partial charge in [0.05, 0.1) is 5.56 Å². The zero-order valence-corrected chi connectivity index (χ0v) is 14.6. The van der Waals surface area contributed by atoms with Crippen molar-refractivity contribution >= 4 is 5.91 Å². The molecule has 1 saturated heterocycles. The molecule has 0 saturated carbocycles. The molecule has 1 unspecified atom stereocenters. The van der Waals surface area contributed by atoms with Crippen molar-refractivity contribution in [3.63, 3.8) is 0 Å². The van der Waals surface area contributed by atoms with E-state index in [4.69, 9.17) is 10.5 Å². The van der Waals surface area contributed by atoms with Crippen molar-refractivity contribution in [2.45, 2.75) is 32.7 Å². The molecule has 1 aromatic carbocycles. The first-order chi connectivity index (χ1) is 12.1. The number of benzene rings is 1. The summed E-state index contributed by atoms with van der Waals surface area (Å²) in [6.07, 6.45) is 5.35. The molecule has 1 aliphatic heterocycles. The molecule has 1 atom stereocenters. The molecule has 5 nitrogen and oxygen atoms in total. The lowest BCUT2D eigenvalue weighted by Crippen LogP contribution is -2.34. The number of amides is 1. The molecule has 1 aliphatic rings. The number of hydrogen-bond donors (Lipinski definition) is 1. The topological polar surface area (TPSA) is 68.5 Å². The predicted octanol–water partition coefficient (Wildman–Crippen LogP) is 3.59. The monoisotopic (exact) mass is 339 g/mol. The first-order valence-electron chi connectivity index (χ1n) is 8.89. The summed E-state index contributed by atoms with van der Waals surface area (Å²) in [5.41, 5.74) is 6.87. The Labute approximate surface area is 148 Å². The molecule has 0 spiro atoms. The van der Waals surface area contributed by atoms with E-state index in [2.05, 4.69) is 28.9 Å². The van der Waals surface area contributed by atoms with Gasteiger partial charge in [-0.1, -0.05) is 25.5 Å². The number of primary amides is 1. The van der Waals surface area contributed by atoms with Crippen LogP contribution < -0.4 is 10.5 Å². The maximum atomic E-state index is 11.0. The van der Waals surface area contributed by atoms with E-state index in [0.717, 1.165) is 18.2 Å². The van der Waals surface area contributed by atoms with Gasteiger partial charge in [0.2, 0.25) is 11.8 Å². The summed E-state index contributed by atoms with van der Waals surface area (Å²) in [7, 11) is 0. The molecule has 1 amide bonds. The summed E-state index contributed by atoms with van der Waals surface area (Å²) >= 11 is 0. The minimum absolute atomic E-state index is 0.370. The molecule has 25 heavy (non-hydrogen) atoms. The molecule has 2 heterocycles. The Morgan fingerprint density at radius 1 is 1.28 bits per heavy atom. The van der Waals surface area contributed by atoms with Gasteiger partial charge in [-0.05, 0) is 49.1 Å². The summed E-state index contributed by atoms with van der Waals surface area (Å²) in [4.78, 5) is 17.7. The van der Waals surface area contributed by atoms with Crippen LogP contribution >= 0.6 is 0 Å². The highest BCUT2D eigenvalue weighted by Gasteiger charge is 2.18. The lowest BCUT2D eigenvalue weighted by atomic mass is 9.95. The minimum Gasteiger partial charge on any atom is -0.439 e. The first kappa shape index (κ1) is 17.4. The summed E-state index contributed by atoms with van der Waals surface area (Å²) < 4.78 is 5.72. The zero-order chi connectivity index (χ0) is 17.6. The number of piperidine rings is 1. The Hall–Kier alpha value is -2.40. The second-order valence-corrected chi connectivity index (χ2v) is 6.65. The number of likely N-dealkylation sites (tertiary alicyclic amines) is 1. The molecule has 2 N–H and O–H groups in total. The quantitative estimate of drug-likeness (QED) is 0.873. The summed E-state index contributed by atoms with van der Waals surface area (Å²) in [5.74, 6) is 1.52. The van der Waals surface area contributed by atoms with Crippen LogP contribution in [0.1, 0.15) is 42.1 Å². The number of hydrogen-bond acceptors (Lipinski definition) is 4. The SMILES string of the molecule is CCC1CCCN(Cc2ccc(Oc3ccc(C(N)=O)cn3)cc2)C1. The zero-order valence-electron chi connectivity index (χ0n) is 14.6. The molecule has 2 aromatic rings. The van der Waals surface area contributed by atoms with Gasteiger partial charge in [0.15, 0.2) is 0 Å². The van der Waals surface area contributed by atoms with Gasteiger partial charge in [-0.25, -0.2) is 4.98 Å². The van der Waals surface area contributed by atoms with Crippen LogP contribution in [0.5, 0.6) is 11.6 Å². The van der Waals surface area contributed by atoms with Crippen LogP contribution in [0.25, 0.3) is 0 Å². The third-order valence-electron chi connectivity index (χ3n) is 4.75. The van der Waals surface area contributed by atoms with Gasteiger partial charge >= 0.3 is 0 Å². The van der Waals surface area contributed by atoms with Gasteiger partial charge < -0.3 is 10.5 Å². The lowest BCUT2D eigenvalue weighted by molar-refractivity contribution is 0.1000. The van der Waals surface area contributed by atoms with Crippen LogP contribution in [0.15, 0.2) is 42.6 Å². The molecule has 1 fully saturated rings. The minimum atomic E-state index is -0.494. The number of carbonyl (C=O) groups is 1. The molecule has 0 radical (unpaired) electrons. The van der Waals surface area contributed by atoms with Gasteiger partial charge in [-0.15, -0.1) is 0 Å². The van der Waals surface area contributed by atoms with Crippen LogP contribution in [-0.2, 0) is 6.54 Å². The number of ether oxygens (including phenoxy) is 1. The summed E-state index contributed by atoms with van der Waals surface area (Å²) in [6.45, 7) is 5.66. The van der Waals surface area contributed by atoms with Crippen molar-refractivity contribution in [3.8, 4) is 11.6 Å². The van der Waals surface area contributed by atoms with Crippen LogP contribution in [0.4, 0.5) is 0 Å². The van der Waals surface area contributed by atoms with Crippen LogP contribution in [-0.4, -0.2) is 28.9 Å². The van der Waals surface area contributed by atoms with Gasteiger partial charge in [-0.2, -0.15) is 0 Å². The maximum Gasteiger partial charge on any atom is 0.250 e. The molecular formula is C20H25N3O2. The van der Waals surface area contributed by atoms with Crippen molar-refractivity contribution in [2.75, 3.05) is 13.1 Å². The van der Waals surface area contributed by atoms with Gasteiger partial charge in [-0.3, -0.25) is 9.69 Å². The second-order valence-electron chi connectivity index (χ2n) is 6.65. The first-order valence-corrected chi connectivity index (χ1v) is 8.89. The summed E-state index contributed by atoms with van der Waals surface area (Å²) in [5, 5.41) is 0. The van der Waals surface area contributed by atoms with Crippen LogP contribution in [0.2, 0.25) is 0 Å². The number of rotatable bonds is 6. The van der Waals surface area contributed by atoms with Crippen molar-refractivity contribution in [3.05, 3.63) is 53.7 Å². The van der Waals surface area contributed by atoms with Crippen LogP contribution in [0.3, 0.4) is 0 Å². The maximum absolute atomic E-state index is 11.0. The van der Waals surface area contributed by atoms with Crippen LogP contribution in [0, 0.1) is 5.92 Å². The van der Waals surface area contributed by atoms with E-state index < -0.39 is 5.91 Å². The average Bonchev–Trinajstić information content (AvgIpc) is 2.64. The Balaban J connectivity index is 1.57. The van der Waals surface area contributed by atoms with Gasteiger partial charge in [0.1, 0.15) is 5.75 Å². The predicted molar refractivity (Wildman–Crippen MR) is 97.6 cm³/mol. The largest absolute Gasteiger partial charge is 0.439 e. The Morgan fingerprint density at radius 2 is 2.08 bits per heavy atom. The Kier molecular flexibility index (Phi) is 5.66. The van der Waals surface area contributed by atoms with E-state index in [1.807, 2.05) is 12.1 Å². The van der Waals surface area contributed by atoms with E-state index in [1.165, 1.54) is 44.1 Å². The fraction of sp³-hybridized carbons (Fsp3) is 0.400. The molecule has 5 heteroatoms. The lowest BCUT2D eigenvalue weighted by Gasteiger charge is -2.32. The highest BCUT2D eigenvalue weighted by molar-refractivity contribution is 5.92. The Morgan fingerprint density at radius 3 is 2.72 bits per heavy atom. The molecule has 1 aromatic heterocycles. The second kappa shape index (κ2) is 8.12. The fourth-order valence-electron chi connectivity index (χ4n) is 3.26. The molecule has 0 aliphatic carbocycles. The standard InChI is InChI=1S/C20H25N3O2/c1-2-15-4-3-11-23(13-15)14-16-5-8-18(9-6-16)25-19-10-7-17(12-22-19)20(21)24/h5-10,12,15H,2-4,11,13-14H2,1H3,(H2,21,24). The van der Waals surface area contributed by atoms with E-state index in [0.29, 0.717) is 11.4 Å². The van der Waals surface area contributed by atoms with Crippen molar-refractivity contribution in [2.24, 2.45) is 11.7 Å². The number of nitrogens with two attached hydrogens (primary N) is 1. The van der Waals surface area contributed by atoms with Gasteiger partial charge in [0.25, 0.3) is 0 Å². The van der Waals surface area contributed by atoms with E-state index in [9.17, 15) is 4.79 Å². The molecule has 3 rings (SSSR count). The smallest absolute Gasteiger partial charge is 0.250 e. The van der Waals surface area contributed by atoms with Crippen molar-refractivity contribution < 1.29 is 9.53 Å². The fourth-order valence-corrected chi connectivity index (χ4v) is 3.26. The molecule has 0 bridgehead atoms. The van der Waals surface area contributed by atoms with Gasteiger partial charge in [0, 0.05) is 25.4 Å². The van der Waals surface area contributed by atoms with E-state index in [-0.39, 0.29) is 0 Å². The normalized spacial score (nSPS) is 18.0. The summed E-state index contributed by atoms with van der Waals surface area (Å²) in [6, 6.07) is 11.4. The Bertz CT molecular complexity index is 698. The highest BCUT2D eigenvalue weighted by atomic mass is 16.5. The van der Waals surface area contributed by atoms with E-state index >= 15 is 0 Å². The third-order valence-corrected chi connectivity index (χ3v) is 4.75. The number of carbonyl (C=O) groups excluding carboxylic acids is 1. The van der Waals surface area contributed by atoms with Crippen molar-refractivity contribution in [1.82, 2.24) is 9.88 Å². The molecule has 132 valence electrons. The average molecular weight is 339 g/mol. The number of pyridine rings is 1. The van der Waals surface area contributed by atoms with E-state index in [1.54, 1.807) is 12.1 Å². The number of nitrogens with zero attached hydrogens (tertiary/aromatic N) is 2. The number of aromatic nitrogens is 1.